The van der Waals surface area contributed by atoms with Crippen LogP contribution in [-0.4, -0.2) is 32.7 Å². The average Bonchev–Trinajstić information content (AvgIpc) is 3.20. The van der Waals surface area contributed by atoms with Crippen LogP contribution in [0.2, 0.25) is 0 Å². The number of benzene rings is 1. The van der Waals surface area contributed by atoms with Gasteiger partial charge in [-0.1, -0.05) is 6.07 Å². The minimum absolute atomic E-state index is 0.0913. The van der Waals surface area contributed by atoms with Gasteiger partial charge in [-0.05, 0) is 28.0 Å². The first kappa shape index (κ1) is 13.0. The van der Waals surface area contributed by atoms with Crippen LogP contribution in [0, 0.1) is 0 Å². The molecule has 112 valence electrons. The molecule has 8 heteroatoms. The molecule has 0 aliphatic carbocycles. The summed E-state index contributed by atoms with van der Waals surface area (Å²) in [4.78, 5) is 19.7. The number of imidazole rings is 1. The monoisotopic (exact) mass is 298 g/mol. The Morgan fingerprint density at radius 1 is 1.36 bits per heavy atom. The number of nitrogens with one attached hydrogen (secondary N) is 3. The Bertz CT molecular complexity index is 823. The van der Waals surface area contributed by atoms with E-state index in [0.717, 1.165) is 29.9 Å². The molecule has 4 rings (SSSR count). The molecular formula is C14H14N6O2. The van der Waals surface area contributed by atoms with Crippen molar-refractivity contribution in [2.75, 3.05) is 6.54 Å². The highest BCUT2D eigenvalue weighted by molar-refractivity contribution is 5.83. The van der Waals surface area contributed by atoms with E-state index in [-0.39, 0.29) is 5.91 Å². The molecular weight excluding hydrogens is 284 g/mol. The van der Waals surface area contributed by atoms with Gasteiger partial charge in [0.05, 0.1) is 12.0 Å². The highest BCUT2D eigenvalue weighted by Gasteiger charge is 2.28. The van der Waals surface area contributed by atoms with Gasteiger partial charge >= 0.3 is 0 Å². The highest BCUT2D eigenvalue weighted by atomic mass is 16.6. The molecule has 3 aromatic rings. The zero-order valence-electron chi connectivity index (χ0n) is 11.7. The number of carbonyl (C=O) groups is 1. The van der Waals surface area contributed by atoms with Gasteiger partial charge in [0.25, 0.3) is 0 Å². The van der Waals surface area contributed by atoms with Crippen LogP contribution in [0.15, 0.2) is 29.2 Å². The number of rotatable bonds is 3. The van der Waals surface area contributed by atoms with Gasteiger partial charge in [-0.3, -0.25) is 4.79 Å². The first-order valence-electron chi connectivity index (χ1n) is 7.06. The third-order valence-corrected chi connectivity index (χ3v) is 3.80. The Labute approximate surface area is 125 Å². The van der Waals surface area contributed by atoms with Gasteiger partial charge in [0.2, 0.25) is 5.91 Å². The van der Waals surface area contributed by atoms with E-state index in [2.05, 4.69) is 35.5 Å². The minimum Gasteiger partial charge on any atom is -0.350 e. The normalized spacial score (nSPS) is 17.4. The topological polar surface area (TPSA) is 109 Å². The van der Waals surface area contributed by atoms with Crippen molar-refractivity contribution in [2.45, 2.75) is 19.0 Å². The molecule has 1 unspecified atom stereocenters. The van der Waals surface area contributed by atoms with Gasteiger partial charge in [0.15, 0.2) is 0 Å². The van der Waals surface area contributed by atoms with Crippen LogP contribution in [0.3, 0.4) is 0 Å². The zero-order chi connectivity index (χ0) is 14.9. The molecule has 3 heterocycles. The second-order valence-electron chi connectivity index (χ2n) is 5.21. The van der Waals surface area contributed by atoms with Crippen LogP contribution in [0.1, 0.15) is 23.0 Å². The third kappa shape index (κ3) is 2.23. The van der Waals surface area contributed by atoms with Crippen molar-refractivity contribution in [1.82, 2.24) is 30.9 Å². The number of fused-ring (bicyclic) bond motifs is 2. The standard InChI is InChI=1S/C14H14N6O2/c21-14(13-12-10(3-4-15-13)17-7-18-12)16-6-8-1-2-9-11(5-8)20-22-19-9/h1-2,5,7,13,15H,3-4,6H2,(H,16,21)(H,17,18). The van der Waals surface area contributed by atoms with E-state index in [1.165, 1.54) is 0 Å². The lowest BCUT2D eigenvalue weighted by atomic mass is 10.0. The van der Waals surface area contributed by atoms with Crippen LogP contribution in [0.5, 0.6) is 0 Å². The summed E-state index contributed by atoms with van der Waals surface area (Å²) in [5, 5.41) is 13.7. The predicted molar refractivity (Wildman–Crippen MR) is 76.7 cm³/mol. The van der Waals surface area contributed by atoms with Crippen molar-refractivity contribution in [2.24, 2.45) is 0 Å². The molecule has 1 amide bonds. The van der Waals surface area contributed by atoms with Crippen molar-refractivity contribution in [1.29, 1.82) is 0 Å². The molecule has 1 aromatic carbocycles. The van der Waals surface area contributed by atoms with Crippen LogP contribution in [-0.2, 0) is 17.8 Å². The summed E-state index contributed by atoms with van der Waals surface area (Å²) in [6.45, 7) is 1.17. The second kappa shape index (κ2) is 5.23. The summed E-state index contributed by atoms with van der Waals surface area (Å²) in [5.74, 6) is -0.0913. The first-order valence-corrected chi connectivity index (χ1v) is 7.06. The van der Waals surface area contributed by atoms with Crippen LogP contribution < -0.4 is 10.6 Å². The fourth-order valence-electron chi connectivity index (χ4n) is 2.66. The molecule has 1 aliphatic heterocycles. The number of aromatic nitrogens is 4. The quantitative estimate of drug-likeness (QED) is 0.648. The maximum absolute atomic E-state index is 12.4. The number of H-pyrrole nitrogens is 1. The molecule has 0 saturated carbocycles. The maximum atomic E-state index is 12.4. The molecule has 1 atom stereocenters. The largest absolute Gasteiger partial charge is 0.350 e. The fraction of sp³-hybridized carbons (Fsp3) is 0.286. The number of nitrogens with zero attached hydrogens (tertiary/aromatic N) is 3. The van der Waals surface area contributed by atoms with Crippen molar-refractivity contribution < 1.29 is 9.42 Å². The zero-order valence-corrected chi connectivity index (χ0v) is 11.7. The van der Waals surface area contributed by atoms with E-state index >= 15 is 0 Å². The average molecular weight is 298 g/mol. The van der Waals surface area contributed by atoms with E-state index in [1.54, 1.807) is 6.33 Å². The van der Waals surface area contributed by atoms with Gasteiger partial charge in [0.1, 0.15) is 17.1 Å². The molecule has 8 nitrogen and oxygen atoms in total. The fourth-order valence-corrected chi connectivity index (χ4v) is 2.66. The molecule has 0 fully saturated rings. The summed E-state index contributed by atoms with van der Waals surface area (Å²) in [7, 11) is 0. The van der Waals surface area contributed by atoms with E-state index < -0.39 is 6.04 Å². The molecule has 3 N–H and O–H groups in total. The summed E-state index contributed by atoms with van der Waals surface area (Å²) in [6.07, 6.45) is 2.48. The number of aromatic amines is 1. The maximum Gasteiger partial charge on any atom is 0.243 e. The van der Waals surface area contributed by atoms with Gasteiger partial charge < -0.3 is 15.6 Å². The highest BCUT2D eigenvalue weighted by Crippen LogP contribution is 2.19. The molecule has 22 heavy (non-hydrogen) atoms. The number of carbonyl (C=O) groups excluding carboxylic acids is 1. The lowest BCUT2D eigenvalue weighted by molar-refractivity contribution is -0.123. The van der Waals surface area contributed by atoms with Gasteiger partial charge in [-0.2, -0.15) is 0 Å². The summed E-state index contributed by atoms with van der Waals surface area (Å²) in [6, 6.07) is 5.15. The minimum atomic E-state index is -0.410. The lowest BCUT2D eigenvalue weighted by Gasteiger charge is -2.22. The van der Waals surface area contributed by atoms with E-state index in [9.17, 15) is 4.79 Å². The third-order valence-electron chi connectivity index (χ3n) is 3.80. The molecule has 0 spiro atoms. The van der Waals surface area contributed by atoms with Crippen LogP contribution in [0.25, 0.3) is 11.0 Å². The van der Waals surface area contributed by atoms with E-state index in [1.807, 2.05) is 18.2 Å². The number of amides is 1. The van der Waals surface area contributed by atoms with Crippen molar-refractivity contribution in [3.63, 3.8) is 0 Å². The van der Waals surface area contributed by atoms with Crippen LogP contribution in [0.4, 0.5) is 0 Å². The Morgan fingerprint density at radius 3 is 3.23 bits per heavy atom. The smallest absolute Gasteiger partial charge is 0.243 e. The second-order valence-corrected chi connectivity index (χ2v) is 5.21. The van der Waals surface area contributed by atoms with Crippen LogP contribution >= 0.6 is 0 Å². The summed E-state index contributed by atoms with van der Waals surface area (Å²) in [5.41, 5.74) is 4.12. The molecule has 1 aliphatic rings. The van der Waals surface area contributed by atoms with Gasteiger partial charge in [-0.25, -0.2) is 9.61 Å². The summed E-state index contributed by atoms with van der Waals surface area (Å²) < 4.78 is 4.66. The number of hydrogen-bond acceptors (Lipinski definition) is 6. The van der Waals surface area contributed by atoms with E-state index in [0.29, 0.717) is 17.6 Å². The first-order chi connectivity index (χ1) is 10.8. The van der Waals surface area contributed by atoms with Crippen molar-refractivity contribution in [3.8, 4) is 0 Å². The number of hydrogen-bond donors (Lipinski definition) is 3. The molecule has 2 aromatic heterocycles. The van der Waals surface area contributed by atoms with Gasteiger partial charge in [-0.15, -0.1) is 0 Å². The Morgan fingerprint density at radius 2 is 2.27 bits per heavy atom. The lowest BCUT2D eigenvalue weighted by Crippen LogP contribution is -2.41. The van der Waals surface area contributed by atoms with Crippen molar-refractivity contribution in [3.05, 3.63) is 41.5 Å². The van der Waals surface area contributed by atoms with Gasteiger partial charge in [0, 0.05) is 25.2 Å². The Kier molecular flexibility index (Phi) is 3.08. The molecule has 0 radical (unpaired) electrons. The SMILES string of the molecule is O=C(NCc1ccc2nonc2c1)C1NCCc2[nH]cnc21. The Balaban J connectivity index is 1.46. The van der Waals surface area contributed by atoms with Crippen molar-refractivity contribution >= 4 is 16.9 Å². The van der Waals surface area contributed by atoms with E-state index in [4.69, 9.17) is 0 Å². The summed E-state index contributed by atoms with van der Waals surface area (Å²) >= 11 is 0. The molecule has 0 saturated heterocycles. The molecule has 0 bridgehead atoms. The predicted octanol–water partition coefficient (Wildman–Crippen LogP) is 0.449. The Hall–Kier alpha value is -2.74.